The molecule has 4 aromatic heterocycles. The standard InChI is InChI=1S/C13H11N3O2.C7H9BO3.C6H4BrN3O.CH4/c1-17-10-4-2-3-8(5-10)9-6-11-12(14)16-18-13(11)15-7-9;1-11-7-4-2-3-6(5-7)8(9)10;7-3-1-4-5(8)10-11-6(4)9-2-3;/h2-7H,1H3,(H2,14,16);2-5,9-10H,1H3;1-2H,(H2,8,10);1H4. The fraction of sp³-hybridized carbons (Fsp3) is 0.111. The van der Waals surface area contributed by atoms with Crippen molar-refractivity contribution in [2.45, 2.75) is 7.43 Å². The Hall–Kier alpha value is -4.66. The van der Waals surface area contributed by atoms with E-state index in [0.29, 0.717) is 34.3 Å². The Morgan fingerprint density at radius 1 is 0.756 bits per heavy atom. The van der Waals surface area contributed by atoms with Crippen LogP contribution in [0, 0.1) is 0 Å². The lowest BCUT2D eigenvalue weighted by molar-refractivity contribution is 0.412. The molecule has 0 spiro atoms. The number of aromatic nitrogens is 4. The van der Waals surface area contributed by atoms with Gasteiger partial charge >= 0.3 is 7.12 Å². The van der Waals surface area contributed by atoms with Crippen molar-refractivity contribution in [2.24, 2.45) is 0 Å². The summed E-state index contributed by atoms with van der Waals surface area (Å²) in [6, 6.07) is 18.1. The Bertz CT molecular complexity index is 1730. The van der Waals surface area contributed by atoms with E-state index < -0.39 is 7.12 Å². The molecule has 4 heterocycles. The van der Waals surface area contributed by atoms with Gasteiger partial charge < -0.3 is 40.0 Å². The zero-order valence-corrected chi connectivity index (χ0v) is 22.9. The molecule has 0 aliphatic rings. The van der Waals surface area contributed by atoms with Gasteiger partial charge in [-0.25, -0.2) is 9.97 Å². The highest BCUT2D eigenvalue weighted by Gasteiger charge is 2.11. The number of rotatable bonds is 4. The number of pyridine rings is 2. The maximum Gasteiger partial charge on any atom is 0.488 e. The fourth-order valence-electron chi connectivity index (χ4n) is 3.44. The van der Waals surface area contributed by atoms with Gasteiger partial charge in [0.15, 0.2) is 11.6 Å². The van der Waals surface area contributed by atoms with Gasteiger partial charge in [0.2, 0.25) is 0 Å². The van der Waals surface area contributed by atoms with Gasteiger partial charge in [-0.15, -0.1) is 0 Å². The van der Waals surface area contributed by atoms with Crippen LogP contribution in [0.5, 0.6) is 11.5 Å². The van der Waals surface area contributed by atoms with E-state index in [1.165, 1.54) is 7.11 Å². The lowest BCUT2D eigenvalue weighted by Crippen LogP contribution is -2.29. The first-order valence-electron chi connectivity index (χ1n) is 11.6. The topological polar surface area (TPSA) is 189 Å². The minimum absolute atomic E-state index is 0. The molecule has 0 saturated carbocycles. The molecular formula is C27H28BBrN6O6. The van der Waals surface area contributed by atoms with Gasteiger partial charge in [-0.05, 0) is 63.4 Å². The summed E-state index contributed by atoms with van der Waals surface area (Å²) in [7, 11) is 1.74. The number of halogens is 1. The van der Waals surface area contributed by atoms with Crippen molar-refractivity contribution >= 4 is 62.3 Å². The number of nitrogens with two attached hydrogens (primary N) is 2. The van der Waals surface area contributed by atoms with Crippen LogP contribution in [0.15, 0.2) is 86.6 Å². The number of ether oxygens (including phenoxy) is 2. The lowest BCUT2D eigenvalue weighted by Gasteiger charge is -2.04. The maximum absolute atomic E-state index is 8.74. The number of fused-ring (bicyclic) bond motifs is 2. The first-order chi connectivity index (χ1) is 19.3. The molecule has 6 N–H and O–H groups in total. The minimum Gasteiger partial charge on any atom is -0.497 e. The van der Waals surface area contributed by atoms with Crippen molar-refractivity contribution < 1.29 is 28.6 Å². The summed E-state index contributed by atoms with van der Waals surface area (Å²) in [5.41, 5.74) is 14.5. The third-order valence-corrected chi connectivity index (χ3v) is 5.91. The SMILES string of the molecule is C.COc1cccc(-c2cnc3onc(N)c3c2)c1.COc1cccc(B(O)O)c1.Nc1noc2ncc(Br)cc12. The van der Waals surface area contributed by atoms with E-state index in [4.69, 9.17) is 40.0 Å². The highest BCUT2D eigenvalue weighted by Crippen LogP contribution is 2.27. The molecule has 6 rings (SSSR count). The maximum atomic E-state index is 8.74. The van der Waals surface area contributed by atoms with E-state index in [2.05, 4.69) is 36.2 Å². The predicted molar refractivity (Wildman–Crippen MR) is 162 cm³/mol. The molecule has 12 nitrogen and oxygen atoms in total. The average molecular weight is 623 g/mol. The molecule has 0 fully saturated rings. The van der Waals surface area contributed by atoms with Crippen LogP contribution in [0.2, 0.25) is 0 Å². The molecule has 14 heteroatoms. The molecule has 0 unspecified atom stereocenters. The van der Waals surface area contributed by atoms with Crippen LogP contribution in [0.25, 0.3) is 33.3 Å². The third kappa shape index (κ3) is 7.72. The quantitative estimate of drug-likeness (QED) is 0.207. The molecule has 0 aliphatic carbocycles. The number of hydrogen-bond acceptors (Lipinski definition) is 12. The zero-order chi connectivity index (χ0) is 28.6. The van der Waals surface area contributed by atoms with Gasteiger partial charge in [0, 0.05) is 22.4 Å². The molecule has 0 saturated heterocycles. The number of hydrogen-bond donors (Lipinski definition) is 4. The number of benzene rings is 2. The van der Waals surface area contributed by atoms with Crippen molar-refractivity contribution in [3.63, 3.8) is 0 Å². The molecular weight excluding hydrogens is 595 g/mol. The summed E-state index contributed by atoms with van der Waals surface area (Å²) in [6.07, 6.45) is 3.36. The number of nitrogens with zero attached hydrogens (tertiary/aromatic N) is 4. The molecule has 0 amide bonds. The summed E-state index contributed by atoms with van der Waals surface area (Å²) in [6.45, 7) is 0. The van der Waals surface area contributed by atoms with Crippen molar-refractivity contribution in [1.29, 1.82) is 0 Å². The summed E-state index contributed by atoms with van der Waals surface area (Å²) in [4.78, 5) is 8.13. The molecule has 0 atom stereocenters. The highest BCUT2D eigenvalue weighted by molar-refractivity contribution is 9.10. The normalized spacial score (nSPS) is 10.1. The average Bonchev–Trinajstić information content (AvgIpc) is 3.55. The fourth-order valence-corrected chi connectivity index (χ4v) is 3.77. The number of nitrogen functional groups attached to an aromatic ring is 2. The number of methoxy groups -OCH3 is 2. The van der Waals surface area contributed by atoms with Gasteiger partial charge in [-0.3, -0.25) is 0 Å². The molecule has 212 valence electrons. The predicted octanol–water partition coefficient (Wildman–Crippen LogP) is 4.06. The van der Waals surface area contributed by atoms with Crippen molar-refractivity contribution in [2.75, 3.05) is 25.7 Å². The van der Waals surface area contributed by atoms with Crippen LogP contribution in [-0.4, -0.2) is 51.7 Å². The van der Waals surface area contributed by atoms with Gasteiger partial charge in [0.05, 0.1) is 25.0 Å². The van der Waals surface area contributed by atoms with Crippen LogP contribution < -0.4 is 26.4 Å². The molecule has 0 aliphatic heterocycles. The number of anilines is 2. The molecule has 2 aromatic carbocycles. The molecule has 0 radical (unpaired) electrons. The Balaban J connectivity index is 0.000000176. The molecule has 6 aromatic rings. The third-order valence-electron chi connectivity index (χ3n) is 5.48. The summed E-state index contributed by atoms with van der Waals surface area (Å²) < 4.78 is 20.7. The van der Waals surface area contributed by atoms with E-state index in [9.17, 15) is 0 Å². The minimum atomic E-state index is -1.43. The Labute approximate surface area is 244 Å². The Kier molecular flexibility index (Phi) is 10.6. The van der Waals surface area contributed by atoms with Crippen LogP contribution in [0.1, 0.15) is 7.43 Å². The Morgan fingerprint density at radius 2 is 1.32 bits per heavy atom. The van der Waals surface area contributed by atoms with Crippen molar-refractivity contribution in [1.82, 2.24) is 20.3 Å². The van der Waals surface area contributed by atoms with E-state index in [0.717, 1.165) is 32.1 Å². The van der Waals surface area contributed by atoms with Crippen LogP contribution >= 0.6 is 15.9 Å². The zero-order valence-electron chi connectivity index (χ0n) is 21.4. The molecule has 0 bridgehead atoms. The summed E-state index contributed by atoms with van der Waals surface area (Å²) in [5, 5.41) is 26.2. The highest BCUT2D eigenvalue weighted by atomic mass is 79.9. The van der Waals surface area contributed by atoms with E-state index in [1.807, 2.05) is 36.4 Å². The second kappa shape index (κ2) is 14.1. The van der Waals surface area contributed by atoms with E-state index in [1.54, 1.807) is 43.8 Å². The van der Waals surface area contributed by atoms with Crippen molar-refractivity contribution in [3.05, 3.63) is 77.5 Å². The van der Waals surface area contributed by atoms with Gasteiger partial charge in [0.1, 0.15) is 11.5 Å². The Morgan fingerprint density at radius 3 is 1.93 bits per heavy atom. The van der Waals surface area contributed by atoms with Gasteiger partial charge in [-0.2, -0.15) is 0 Å². The lowest BCUT2D eigenvalue weighted by atomic mass is 9.80. The second-order valence-corrected chi connectivity index (χ2v) is 9.02. The summed E-state index contributed by atoms with van der Waals surface area (Å²) in [5.74, 6) is 2.14. The molecule has 41 heavy (non-hydrogen) atoms. The first-order valence-corrected chi connectivity index (χ1v) is 12.4. The van der Waals surface area contributed by atoms with Crippen LogP contribution in [0.4, 0.5) is 11.6 Å². The van der Waals surface area contributed by atoms with E-state index >= 15 is 0 Å². The van der Waals surface area contributed by atoms with Crippen LogP contribution in [0.3, 0.4) is 0 Å². The largest absolute Gasteiger partial charge is 0.497 e. The summed E-state index contributed by atoms with van der Waals surface area (Å²) >= 11 is 3.26. The van der Waals surface area contributed by atoms with Gasteiger partial charge in [0.25, 0.3) is 11.4 Å². The van der Waals surface area contributed by atoms with Gasteiger partial charge in [-0.1, -0.05) is 42.0 Å². The van der Waals surface area contributed by atoms with E-state index in [-0.39, 0.29) is 7.43 Å². The smallest absolute Gasteiger partial charge is 0.488 e. The first kappa shape index (κ1) is 30.9. The monoisotopic (exact) mass is 622 g/mol. The van der Waals surface area contributed by atoms with Crippen molar-refractivity contribution in [3.8, 4) is 22.6 Å². The second-order valence-electron chi connectivity index (χ2n) is 8.10. The van der Waals surface area contributed by atoms with Crippen LogP contribution in [-0.2, 0) is 0 Å².